The second kappa shape index (κ2) is 5.84. The molecule has 0 saturated carbocycles. The van der Waals surface area contributed by atoms with Crippen molar-refractivity contribution in [2.24, 2.45) is 0 Å². The molecule has 2 heterocycles. The first-order valence-electron chi connectivity index (χ1n) is 6.84. The molecule has 1 amide bonds. The highest BCUT2D eigenvalue weighted by Crippen LogP contribution is 2.29. The van der Waals surface area contributed by atoms with E-state index < -0.39 is 5.97 Å². The topological polar surface area (TPSA) is 59.5 Å². The minimum Gasteiger partial charge on any atom is -0.461 e. The van der Waals surface area contributed by atoms with Crippen LogP contribution in [-0.2, 0) is 11.2 Å². The van der Waals surface area contributed by atoms with Gasteiger partial charge in [-0.1, -0.05) is 0 Å². The van der Waals surface area contributed by atoms with Crippen LogP contribution in [0.4, 0.5) is 10.1 Å². The van der Waals surface area contributed by atoms with Gasteiger partial charge < -0.3 is 9.64 Å². The zero-order chi connectivity index (χ0) is 15.7. The van der Waals surface area contributed by atoms with E-state index in [2.05, 4.69) is 4.98 Å². The minimum atomic E-state index is -0.511. The van der Waals surface area contributed by atoms with E-state index in [0.29, 0.717) is 29.2 Å². The van der Waals surface area contributed by atoms with Gasteiger partial charge in [0.2, 0.25) is 5.01 Å². The van der Waals surface area contributed by atoms with Gasteiger partial charge in [0.05, 0.1) is 12.3 Å². The summed E-state index contributed by atoms with van der Waals surface area (Å²) in [4.78, 5) is 30.5. The van der Waals surface area contributed by atoms with Crippen LogP contribution in [0.25, 0.3) is 0 Å². The molecule has 1 aliphatic rings. The highest BCUT2D eigenvalue weighted by Gasteiger charge is 2.30. The molecule has 0 saturated heterocycles. The molecule has 0 radical (unpaired) electrons. The largest absolute Gasteiger partial charge is 0.461 e. The molecule has 3 rings (SSSR count). The van der Waals surface area contributed by atoms with Crippen molar-refractivity contribution in [1.82, 2.24) is 4.98 Å². The molecule has 0 atom stereocenters. The van der Waals surface area contributed by atoms with Crippen molar-refractivity contribution >= 4 is 28.9 Å². The summed E-state index contributed by atoms with van der Waals surface area (Å²) in [5.74, 6) is -1.08. The number of halogens is 1. The van der Waals surface area contributed by atoms with Crippen LogP contribution in [-0.4, -0.2) is 30.0 Å². The predicted octanol–water partition coefficient (Wildman–Crippen LogP) is 2.66. The van der Waals surface area contributed by atoms with Crippen molar-refractivity contribution in [3.05, 3.63) is 45.7 Å². The summed E-state index contributed by atoms with van der Waals surface area (Å²) in [6.07, 6.45) is 0.550. The third-order valence-corrected chi connectivity index (χ3v) is 4.36. The Morgan fingerprint density at radius 3 is 2.82 bits per heavy atom. The first kappa shape index (κ1) is 14.6. The maximum atomic E-state index is 13.0. The van der Waals surface area contributed by atoms with Gasteiger partial charge >= 0.3 is 5.97 Å². The smallest absolute Gasteiger partial charge is 0.367 e. The Morgan fingerprint density at radius 1 is 1.41 bits per heavy atom. The van der Waals surface area contributed by atoms with Crippen LogP contribution in [0.2, 0.25) is 0 Å². The lowest BCUT2D eigenvalue weighted by Gasteiger charge is -2.25. The molecule has 114 valence electrons. The summed E-state index contributed by atoms with van der Waals surface area (Å²) in [5.41, 5.74) is 1.25. The molecule has 1 aromatic heterocycles. The van der Waals surface area contributed by atoms with E-state index >= 15 is 0 Å². The van der Waals surface area contributed by atoms with Crippen LogP contribution in [0.1, 0.15) is 32.1 Å². The quantitative estimate of drug-likeness (QED) is 0.816. The number of thiazole rings is 1. The van der Waals surface area contributed by atoms with E-state index in [4.69, 9.17) is 4.74 Å². The number of fused-ring (bicyclic) bond motifs is 1. The van der Waals surface area contributed by atoms with Crippen LogP contribution < -0.4 is 4.90 Å². The van der Waals surface area contributed by atoms with E-state index in [0.717, 1.165) is 11.3 Å². The molecule has 5 nitrogen and oxygen atoms in total. The van der Waals surface area contributed by atoms with E-state index in [1.807, 2.05) is 0 Å². The van der Waals surface area contributed by atoms with E-state index in [-0.39, 0.29) is 23.3 Å². The second-order valence-electron chi connectivity index (χ2n) is 4.70. The van der Waals surface area contributed by atoms with Gasteiger partial charge in [-0.15, -0.1) is 11.3 Å². The fourth-order valence-corrected chi connectivity index (χ4v) is 3.23. The van der Waals surface area contributed by atoms with E-state index in [1.165, 1.54) is 12.1 Å². The number of benzene rings is 1. The lowest BCUT2D eigenvalue weighted by Crippen LogP contribution is -2.36. The first-order valence-corrected chi connectivity index (χ1v) is 7.66. The zero-order valence-corrected chi connectivity index (χ0v) is 12.7. The molecule has 0 fully saturated rings. The number of aromatic nitrogens is 1. The maximum Gasteiger partial charge on any atom is 0.367 e. The molecule has 0 N–H and O–H groups in total. The molecule has 2 aromatic rings. The average Bonchev–Trinajstić information content (AvgIpc) is 2.94. The number of nitrogens with zero attached hydrogens (tertiary/aromatic N) is 2. The number of rotatable bonds is 3. The molecule has 0 unspecified atom stereocenters. The summed E-state index contributed by atoms with van der Waals surface area (Å²) >= 11 is 1.04. The summed E-state index contributed by atoms with van der Waals surface area (Å²) in [7, 11) is 0. The molecule has 7 heteroatoms. The summed E-state index contributed by atoms with van der Waals surface area (Å²) < 4.78 is 17.9. The normalized spacial score (nSPS) is 13.9. The van der Waals surface area contributed by atoms with Crippen LogP contribution in [0.5, 0.6) is 0 Å². The molecular formula is C15H13FN2O3S. The Kier molecular flexibility index (Phi) is 3.89. The number of ether oxygens (including phenoxy) is 1. The van der Waals surface area contributed by atoms with Crippen molar-refractivity contribution in [2.75, 3.05) is 18.1 Å². The Labute approximate surface area is 130 Å². The van der Waals surface area contributed by atoms with Crippen molar-refractivity contribution in [3.63, 3.8) is 0 Å². The average molecular weight is 320 g/mol. The molecule has 0 aliphatic carbocycles. The number of hydrogen-bond acceptors (Lipinski definition) is 5. The zero-order valence-electron chi connectivity index (χ0n) is 11.8. The van der Waals surface area contributed by atoms with Gasteiger partial charge in [0, 0.05) is 18.7 Å². The predicted molar refractivity (Wildman–Crippen MR) is 79.9 cm³/mol. The van der Waals surface area contributed by atoms with E-state index in [9.17, 15) is 14.0 Å². The van der Waals surface area contributed by atoms with E-state index in [1.54, 1.807) is 24.0 Å². The Morgan fingerprint density at radius 2 is 2.14 bits per heavy atom. The van der Waals surface area contributed by atoms with Crippen molar-refractivity contribution in [2.45, 2.75) is 13.3 Å². The molecule has 0 bridgehead atoms. The van der Waals surface area contributed by atoms with Gasteiger partial charge in [0.15, 0.2) is 0 Å². The molecule has 1 aromatic carbocycles. The molecule has 22 heavy (non-hydrogen) atoms. The fourth-order valence-electron chi connectivity index (χ4n) is 2.28. The Bertz CT molecular complexity index is 727. The van der Waals surface area contributed by atoms with Crippen LogP contribution >= 0.6 is 11.3 Å². The maximum absolute atomic E-state index is 13.0. The highest BCUT2D eigenvalue weighted by atomic mass is 32.1. The fraction of sp³-hybridized carbons (Fsp3) is 0.267. The number of carbonyl (C=O) groups is 2. The molecular weight excluding hydrogens is 307 g/mol. The van der Waals surface area contributed by atoms with Crippen molar-refractivity contribution < 1.29 is 18.7 Å². The SMILES string of the molecule is CCOC(=O)c1nc2c(s1)C(=O)N(c1ccc(F)cc1)CC2. The Balaban J connectivity index is 1.89. The summed E-state index contributed by atoms with van der Waals surface area (Å²) in [5, 5.41) is 0.196. The number of amides is 1. The van der Waals surface area contributed by atoms with Gasteiger partial charge in [0.25, 0.3) is 5.91 Å². The monoisotopic (exact) mass is 320 g/mol. The Hall–Kier alpha value is -2.28. The third-order valence-electron chi connectivity index (χ3n) is 3.30. The van der Waals surface area contributed by atoms with Crippen LogP contribution in [0.3, 0.4) is 0 Å². The van der Waals surface area contributed by atoms with Gasteiger partial charge in [-0.25, -0.2) is 14.2 Å². The standard InChI is InChI=1S/C15H13FN2O3S/c1-2-21-15(20)13-17-11-7-8-18(14(19)12(11)22-13)10-5-3-9(16)4-6-10/h3-6H,2,7-8H2,1H3. The second-order valence-corrected chi connectivity index (χ2v) is 5.70. The lowest BCUT2D eigenvalue weighted by molar-refractivity contribution is 0.0525. The number of esters is 1. The third kappa shape index (κ3) is 2.59. The molecule has 0 spiro atoms. The minimum absolute atomic E-state index is 0.196. The van der Waals surface area contributed by atoms with Gasteiger partial charge in [-0.05, 0) is 31.2 Å². The first-order chi connectivity index (χ1) is 10.6. The van der Waals surface area contributed by atoms with Gasteiger partial charge in [-0.3, -0.25) is 4.79 Å². The number of anilines is 1. The van der Waals surface area contributed by atoms with Crippen molar-refractivity contribution in [1.29, 1.82) is 0 Å². The number of hydrogen-bond donors (Lipinski definition) is 0. The van der Waals surface area contributed by atoms with Crippen LogP contribution in [0.15, 0.2) is 24.3 Å². The highest BCUT2D eigenvalue weighted by molar-refractivity contribution is 7.15. The number of carbonyl (C=O) groups excluding carboxylic acids is 2. The van der Waals surface area contributed by atoms with Crippen LogP contribution in [0, 0.1) is 5.82 Å². The van der Waals surface area contributed by atoms with Gasteiger partial charge in [-0.2, -0.15) is 0 Å². The summed E-state index contributed by atoms with van der Waals surface area (Å²) in [6, 6.07) is 5.75. The summed E-state index contributed by atoms with van der Waals surface area (Å²) in [6.45, 7) is 2.43. The van der Waals surface area contributed by atoms with Gasteiger partial charge in [0.1, 0.15) is 10.7 Å². The molecule has 1 aliphatic heterocycles. The lowest BCUT2D eigenvalue weighted by atomic mass is 10.1. The van der Waals surface area contributed by atoms with Crippen molar-refractivity contribution in [3.8, 4) is 0 Å².